The molecular weight excluding hydrogens is 340 g/mol. The largest absolute Gasteiger partial charge is 0.397 e. The van der Waals surface area contributed by atoms with Crippen molar-refractivity contribution in [3.05, 3.63) is 131 Å². The van der Waals surface area contributed by atoms with Crippen LogP contribution in [-0.2, 0) is 0 Å². The molecule has 0 aliphatic carbocycles. The Kier molecular flexibility index (Phi) is 4.94. The Hall–Kier alpha value is -3.78. The molecule has 136 valence electrons. The maximum Gasteiger partial charge on any atom is 0.0627 e. The molecule has 0 bridgehead atoms. The molecule has 0 atom stereocenters. The number of benzene rings is 4. The van der Waals surface area contributed by atoms with Gasteiger partial charge in [0.15, 0.2) is 0 Å². The van der Waals surface area contributed by atoms with Crippen LogP contribution in [0.5, 0.6) is 0 Å². The summed E-state index contributed by atoms with van der Waals surface area (Å²) in [6.07, 6.45) is 0. The van der Waals surface area contributed by atoms with Gasteiger partial charge in [0.05, 0.1) is 11.4 Å². The molecule has 0 aliphatic heterocycles. The molecule has 0 fully saturated rings. The summed E-state index contributed by atoms with van der Waals surface area (Å²) >= 11 is 0. The monoisotopic (exact) mass is 362 g/mol. The summed E-state index contributed by atoms with van der Waals surface area (Å²) in [6, 6.07) is 37.0. The van der Waals surface area contributed by atoms with Gasteiger partial charge in [0.25, 0.3) is 0 Å². The highest BCUT2D eigenvalue weighted by Crippen LogP contribution is 2.39. The van der Waals surface area contributed by atoms with Crippen molar-refractivity contribution in [2.24, 2.45) is 0 Å². The van der Waals surface area contributed by atoms with E-state index < -0.39 is 0 Å². The topological polar surface area (TPSA) is 52.0 Å². The van der Waals surface area contributed by atoms with E-state index in [0.717, 1.165) is 33.4 Å². The van der Waals surface area contributed by atoms with Gasteiger partial charge in [-0.05, 0) is 33.9 Å². The predicted octanol–water partition coefficient (Wildman–Crippen LogP) is 5.86. The maximum atomic E-state index is 6.46. The molecule has 0 amide bonds. The lowest BCUT2D eigenvalue weighted by molar-refractivity contribution is 1.50. The van der Waals surface area contributed by atoms with Gasteiger partial charge < -0.3 is 11.5 Å². The Morgan fingerprint density at radius 1 is 0.429 bits per heavy atom. The minimum absolute atomic E-state index is 0.589. The van der Waals surface area contributed by atoms with Crippen LogP contribution in [0.15, 0.2) is 109 Å². The molecule has 4 aromatic rings. The number of hydrogen-bond donors (Lipinski definition) is 2. The smallest absolute Gasteiger partial charge is 0.0627 e. The first kappa shape index (κ1) is 17.6. The molecule has 0 aliphatic rings. The van der Waals surface area contributed by atoms with Crippen molar-refractivity contribution in [3.63, 3.8) is 0 Å². The SMILES string of the molecule is Nc1cccc(C(=C(c2ccccc2)c2ccccc2)c2ccccc2)c1N. The summed E-state index contributed by atoms with van der Waals surface area (Å²) in [6.45, 7) is 0. The van der Waals surface area contributed by atoms with E-state index in [4.69, 9.17) is 11.5 Å². The highest BCUT2D eigenvalue weighted by molar-refractivity contribution is 6.07. The van der Waals surface area contributed by atoms with Gasteiger partial charge in [-0.15, -0.1) is 0 Å². The fourth-order valence-corrected chi connectivity index (χ4v) is 3.51. The molecule has 0 unspecified atom stereocenters. The molecular formula is C26H22N2. The minimum atomic E-state index is 0.589. The van der Waals surface area contributed by atoms with Crippen molar-refractivity contribution in [2.45, 2.75) is 0 Å². The highest BCUT2D eigenvalue weighted by Gasteiger charge is 2.18. The van der Waals surface area contributed by atoms with Crippen molar-refractivity contribution >= 4 is 22.5 Å². The van der Waals surface area contributed by atoms with Gasteiger partial charge in [-0.1, -0.05) is 103 Å². The lowest BCUT2D eigenvalue weighted by Gasteiger charge is -2.19. The Bertz CT molecular complexity index is 1060. The molecule has 2 nitrogen and oxygen atoms in total. The third kappa shape index (κ3) is 3.40. The zero-order valence-corrected chi connectivity index (χ0v) is 15.5. The van der Waals surface area contributed by atoms with Crippen LogP contribution < -0.4 is 11.5 Å². The zero-order valence-electron chi connectivity index (χ0n) is 15.5. The summed E-state index contributed by atoms with van der Waals surface area (Å²) in [5, 5.41) is 0. The van der Waals surface area contributed by atoms with E-state index >= 15 is 0 Å². The standard InChI is InChI=1S/C26H22N2/c27-23-18-10-17-22(26(23)28)25(21-15-8-3-9-16-21)24(19-11-4-1-5-12-19)20-13-6-2-7-14-20/h1-18H,27-28H2. The van der Waals surface area contributed by atoms with E-state index in [1.54, 1.807) is 0 Å². The van der Waals surface area contributed by atoms with Crippen LogP contribution in [0.25, 0.3) is 11.1 Å². The predicted molar refractivity (Wildman–Crippen MR) is 120 cm³/mol. The first-order chi connectivity index (χ1) is 13.8. The zero-order chi connectivity index (χ0) is 19.3. The van der Waals surface area contributed by atoms with Gasteiger partial charge in [0.1, 0.15) is 0 Å². The van der Waals surface area contributed by atoms with Gasteiger partial charge in [0, 0.05) is 5.56 Å². The molecule has 4 rings (SSSR count). The van der Waals surface area contributed by atoms with E-state index in [1.807, 2.05) is 48.5 Å². The van der Waals surface area contributed by atoms with E-state index in [-0.39, 0.29) is 0 Å². The number of nitrogen functional groups attached to an aromatic ring is 2. The second-order valence-electron chi connectivity index (χ2n) is 6.66. The Balaban J connectivity index is 2.14. The van der Waals surface area contributed by atoms with Gasteiger partial charge in [0.2, 0.25) is 0 Å². The van der Waals surface area contributed by atoms with Crippen LogP contribution in [0.2, 0.25) is 0 Å². The van der Waals surface area contributed by atoms with Crippen LogP contribution in [0.3, 0.4) is 0 Å². The van der Waals surface area contributed by atoms with Gasteiger partial charge in [-0.3, -0.25) is 0 Å². The average Bonchev–Trinajstić information content (AvgIpc) is 2.76. The van der Waals surface area contributed by atoms with Crippen LogP contribution in [0.1, 0.15) is 22.3 Å². The van der Waals surface area contributed by atoms with Crippen LogP contribution in [0.4, 0.5) is 11.4 Å². The third-order valence-corrected chi connectivity index (χ3v) is 4.85. The second-order valence-corrected chi connectivity index (χ2v) is 6.66. The number of hydrogen-bond acceptors (Lipinski definition) is 2. The van der Waals surface area contributed by atoms with Crippen molar-refractivity contribution in [1.82, 2.24) is 0 Å². The third-order valence-electron chi connectivity index (χ3n) is 4.85. The summed E-state index contributed by atoms with van der Waals surface area (Å²) in [7, 11) is 0. The first-order valence-electron chi connectivity index (χ1n) is 9.30. The number of para-hydroxylation sites is 1. The summed E-state index contributed by atoms with van der Waals surface area (Å²) in [4.78, 5) is 0. The van der Waals surface area contributed by atoms with Crippen molar-refractivity contribution in [1.29, 1.82) is 0 Å². The fourth-order valence-electron chi connectivity index (χ4n) is 3.51. The Labute approximate surface area is 165 Å². The number of anilines is 2. The first-order valence-corrected chi connectivity index (χ1v) is 9.30. The number of nitrogens with two attached hydrogens (primary N) is 2. The molecule has 0 spiro atoms. The quantitative estimate of drug-likeness (QED) is 0.353. The summed E-state index contributed by atoms with van der Waals surface area (Å²) < 4.78 is 0. The normalized spacial score (nSPS) is 10.4. The molecule has 0 saturated heterocycles. The highest BCUT2D eigenvalue weighted by atomic mass is 14.7. The van der Waals surface area contributed by atoms with E-state index in [2.05, 4.69) is 60.7 Å². The van der Waals surface area contributed by atoms with Gasteiger partial charge in [-0.2, -0.15) is 0 Å². The van der Waals surface area contributed by atoms with Crippen LogP contribution in [-0.4, -0.2) is 0 Å². The fraction of sp³-hybridized carbons (Fsp3) is 0. The van der Waals surface area contributed by atoms with E-state index in [1.165, 1.54) is 0 Å². The van der Waals surface area contributed by atoms with Gasteiger partial charge >= 0.3 is 0 Å². The average molecular weight is 362 g/mol. The van der Waals surface area contributed by atoms with E-state index in [0.29, 0.717) is 11.4 Å². The molecule has 0 aromatic heterocycles. The van der Waals surface area contributed by atoms with E-state index in [9.17, 15) is 0 Å². The number of rotatable bonds is 4. The maximum absolute atomic E-state index is 6.46. The van der Waals surface area contributed by atoms with Crippen molar-refractivity contribution in [3.8, 4) is 0 Å². The van der Waals surface area contributed by atoms with Gasteiger partial charge in [-0.25, -0.2) is 0 Å². The van der Waals surface area contributed by atoms with Crippen LogP contribution >= 0.6 is 0 Å². The Morgan fingerprint density at radius 3 is 1.32 bits per heavy atom. The second kappa shape index (κ2) is 7.85. The van der Waals surface area contributed by atoms with Crippen molar-refractivity contribution < 1.29 is 0 Å². The molecule has 4 aromatic carbocycles. The molecule has 0 radical (unpaired) electrons. The molecule has 28 heavy (non-hydrogen) atoms. The van der Waals surface area contributed by atoms with Crippen LogP contribution in [0, 0.1) is 0 Å². The lowest BCUT2D eigenvalue weighted by Crippen LogP contribution is -2.03. The minimum Gasteiger partial charge on any atom is -0.397 e. The summed E-state index contributed by atoms with van der Waals surface area (Å²) in [5.41, 5.74) is 20.3. The molecule has 4 N–H and O–H groups in total. The van der Waals surface area contributed by atoms with Crippen molar-refractivity contribution in [2.75, 3.05) is 11.5 Å². The molecule has 0 saturated carbocycles. The summed E-state index contributed by atoms with van der Waals surface area (Å²) in [5.74, 6) is 0. The lowest BCUT2D eigenvalue weighted by atomic mass is 9.85. The molecule has 2 heteroatoms. The Morgan fingerprint density at radius 2 is 0.857 bits per heavy atom. The molecule has 0 heterocycles.